The Labute approximate surface area is 174 Å². The van der Waals surface area contributed by atoms with Gasteiger partial charge in [-0.1, -0.05) is 18.9 Å². The van der Waals surface area contributed by atoms with E-state index in [1.165, 1.54) is 12.1 Å². The van der Waals surface area contributed by atoms with Crippen molar-refractivity contribution in [2.75, 3.05) is 19.6 Å². The zero-order chi connectivity index (χ0) is 21.7. The number of aryl methyl sites for hydroxylation is 1. The summed E-state index contributed by atoms with van der Waals surface area (Å²) in [7, 11) is -3.73. The average Bonchev–Trinajstić information content (AvgIpc) is 2.89. The van der Waals surface area contributed by atoms with Crippen LogP contribution in [0.15, 0.2) is 23.1 Å². The minimum absolute atomic E-state index is 0.0452. The summed E-state index contributed by atoms with van der Waals surface area (Å²) in [6, 6.07) is 4.49. The van der Waals surface area contributed by atoms with Gasteiger partial charge in [0.1, 0.15) is 0 Å². The fraction of sp³-hybridized carbons (Fsp3) is 0.619. The smallest absolute Gasteiger partial charge is 0.251 e. The van der Waals surface area contributed by atoms with Crippen LogP contribution in [0.25, 0.3) is 0 Å². The molecule has 8 heteroatoms. The summed E-state index contributed by atoms with van der Waals surface area (Å²) in [5.41, 5.74) is 0.347. The summed E-state index contributed by atoms with van der Waals surface area (Å²) >= 11 is 0. The third kappa shape index (κ3) is 7.12. The van der Waals surface area contributed by atoms with E-state index < -0.39 is 15.6 Å². The van der Waals surface area contributed by atoms with Crippen LogP contribution in [-0.2, 0) is 14.8 Å². The van der Waals surface area contributed by atoms with Crippen molar-refractivity contribution in [3.63, 3.8) is 0 Å². The summed E-state index contributed by atoms with van der Waals surface area (Å²) in [5, 5.41) is 2.75. The second kappa shape index (κ2) is 9.71. The average molecular weight is 424 g/mol. The first-order valence-electron chi connectivity index (χ1n) is 10.2. The van der Waals surface area contributed by atoms with Gasteiger partial charge in [0, 0.05) is 37.2 Å². The van der Waals surface area contributed by atoms with Gasteiger partial charge in [0.05, 0.1) is 4.90 Å². The monoisotopic (exact) mass is 423 g/mol. The topological polar surface area (TPSA) is 95.6 Å². The molecule has 0 aromatic heterocycles. The van der Waals surface area contributed by atoms with E-state index in [4.69, 9.17) is 0 Å². The lowest BCUT2D eigenvalue weighted by Gasteiger charge is -2.21. The molecule has 1 aliphatic rings. The van der Waals surface area contributed by atoms with Crippen molar-refractivity contribution in [1.29, 1.82) is 0 Å². The number of hydrogen-bond donors (Lipinski definition) is 2. The third-order valence-electron chi connectivity index (χ3n) is 4.79. The van der Waals surface area contributed by atoms with Crippen molar-refractivity contribution in [2.45, 2.75) is 70.2 Å². The van der Waals surface area contributed by atoms with Gasteiger partial charge in [-0.3, -0.25) is 9.59 Å². The van der Waals surface area contributed by atoms with E-state index in [2.05, 4.69) is 10.0 Å². The lowest BCUT2D eigenvalue weighted by atomic mass is 10.1. The van der Waals surface area contributed by atoms with Gasteiger partial charge in [-0.05, 0) is 58.2 Å². The standard InChI is InChI=1S/C21H33N3O4S/c1-16-9-10-17(29(27,28)23-21(2,3)4)15-18(16)20(26)22-12-11-19(25)24-13-7-5-6-8-14-24/h9-10,15,23H,5-8,11-14H2,1-4H3,(H,22,26). The molecule has 0 radical (unpaired) electrons. The summed E-state index contributed by atoms with van der Waals surface area (Å²) in [6.07, 6.45) is 4.61. The molecule has 2 amide bonds. The molecule has 29 heavy (non-hydrogen) atoms. The first kappa shape index (κ1) is 23.3. The van der Waals surface area contributed by atoms with Crippen LogP contribution in [0.4, 0.5) is 0 Å². The van der Waals surface area contributed by atoms with Crippen LogP contribution < -0.4 is 10.0 Å². The maximum absolute atomic E-state index is 12.6. The highest BCUT2D eigenvalue weighted by atomic mass is 32.2. The largest absolute Gasteiger partial charge is 0.352 e. The number of likely N-dealkylation sites (tertiary alicyclic amines) is 1. The molecule has 1 aromatic carbocycles. The highest BCUT2D eigenvalue weighted by molar-refractivity contribution is 7.89. The maximum Gasteiger partial charge on any atom is 0.251 e. The maximum atomic E-state index is 12.6. The van der Waals surface area contributed by atoms with Crippen molar-refractivity contribution < 1.29 is 18.0 Å². The lowest BCUT2D eigenvalue weighted by Crippen LogP contribution is -2.40. The zero-order valence-corrected chi connectivity index (χ0v) is 18.7. The van der Waals surface area contributed by atoms with E-state index in [0.29, 0.717) is 11.1 Å². The van der Waals surface area contributed by atoms with Crippen LogP contribution in [0.5, 0.6) is 0 Å². The van der Waals surface area contributed by atoms with Crippen LogP contribution in [0, 0.1) is 6.92 Å². The zero-order valence-electron chi connectivity index (χ0n) is 17.9. The van der Waals surface area contributed by atoms with Gasteiger partial charge in [-0.25, -0.2) is 13.1 Å². The van der Waals surface area contributed by atoms with Gasteiger partial charge in [-0.15, -0.1) is 0 Å². The van der Waals surface area contributed by atoms with Crippen molar-refractivity contribution in [3.8, 4) is 0 Å². The number of carbonyl (C=O) groups excluding carboxylic acids is 2. The Balaban J connectivity index is 2.00. The third-order valence-corrected chi connectivity index (χ3v) is 6.54. The van der Waals surface area contributed by atoms with Gasteiger partial charge >= 0.3 is 0 Å². The second-order valence-corrected chi connectivity index (χ2v) is 10.3. The second-order valence-electron chi connectivity index (χ2n) is 8.63. The van der Waals surface area contributed by atoms with E-state index in [1.54, 1.807) is 33.8 Å². The number of carbonyl (C=O) groups is 2. The SMILES string of the molecule is Cc1ccc(S(=O)(=O)NC(C)(C)C)cc1C(=O)NCCC(=O)N1CCCCCC1. The first-order chi connectivity index (χ1) is 13.5. The number of nitrogens with zero attached hydrogens (tertiary/aromatic N) is 1. The van der Waals surface area contributed by atoms with Crippen LogP contribution in [0.3, 0.4) is 0 Å². The molecule has 1 fully saturated rings. The summed E-state index contributed by atoms with van der Waals surface area (Å²) in [5.74, 6) is -0.325. The molecule has 0 unspecified atom stereocenters. The van der Waals surface area contributed by atoms with Gasteiger partial charge in [0.2, 0.25) is 15.9 Å². The van der Waals surface area contributed by atoms with Crippen molar-refractivity contribution in [1.82, 2.24) is 14.9 Å². The molecular weight excluding hydrogens is 390 g/mol. The van der Waals surface area contributed by atoms with Gasteiger partial charge < -0.3 is 10.2 Å². The summed E-state index contributed by atoms with van der Waals surface area (Å²) < 4.78 is 27.7. The Hall–Kier alpha value is -1.93. The Bertz CT molecular complexity index is 836. The van der Waals surface area contributed by atoms with Crippen LogP contribution in [0.1, 0.15) is 68.8 Å². The van der Waals surface area contributed by atoms with Gasteiger partial charge in [0.25, 0.3) is 5.91 Å². The Morgan fingerprint density at radius 3 is 2.28 bits per heavy atom. The molecule has 2 rings (SSSR count). The highest BCUT2D eigenvalue weighted by Crippen LogP contribution is 2.18. The molecule has 162 valence electrons. The predicted octanol–water partition coefficient (Wildman–Crippen LogP) is 2.59. The quantitative estimate of drug-likeness (QED) is 0.735. The van der Waals surface area contributed by atoms with Crippen molar-refractivity contribution in [3.05, 3.63) is 29.3 Å². The number of amides is 2. The molecule has 1 heterocycles. The van der Waals surface area contributed by atoms with Crippen molar-refractivity contribution >= 4 is 21.8 Å². The van der Waals surface area contributed by atoms with Gasteiger partial charge in [-0.2, -0.15) is 0 Å². The van der Waals surface area contributed by atoms with Crippen molar-refractivity contribution in [2.24, 2.45) is 0 Å². The molecule has 2 N–H and O–H groups in total. The molecule has 1 aromatic rings. The minimum Gasteiger partial charge on any atom is -0.352 e. The number of sulfonamides is 1. The molecule has 0 aliphatic carbocycles. The molecule has 0 atom stereocenters. The lowest BCUT2D eigenvalue weighted by molar-refractivity contribution is -0.131. The number of rotatable bonds is 6. The van der Waals surface area contributed by atoms with E-state index in [0.717, 1.165) is 38.8 Å². The highest BCUT2D eigenvalue weighted by Gasteiger charge is 2.23. The van der Waals surface area contributed by atoms with E-state index in [9.17, 15) is 18.0 Å². The number of hydrogen-bond acceptors (Lipinski definition) is 4. The fourth-order valence-electron chi connectivity index (χ4n) is 3.33. The van der Waals surface area contributed by atoms with Crippen LogP contribution >= 0.6 is 0 Å². The Kier molecular flexibility index (Phi) is 7.82. The normalized spacial score (nSPS) is 15.7. The predicted molar refractivity (Wildman–Crippen MR) is 113 cm³/mol. The first-order valence-corrected chi connectivity index (χ1v) is 11.7. The van der Waals surface area contributed by atoms with Crippen LogP contribution in [-0.4, -0.2) is 50.3 Å². The molecular formula is C21H33N3O4S. The number of nitrogens with one attached hydrogen (secondary N) is 2. The molecule has 1 aliphatic heterocycles. The minimum atomic E-state index is -3.73. The molecule has 0 bridgehead atoms. The van der Waals surface area contributed by atoms with E-state index in [1.807, 2.05) is 4.90 Å². The van der Waals surface area contributed by atoms with Crippen LogP contribution in [0.2, 0.25) is 0 Å². The summed E-state index contributed by atoms with van der Waals surface area (Å²) in [4.78, 5) is 26.8. The Morgan fingerprint density at radius 1 is 1.07 bits per heavy atom. The molecule has 7 nitrogen and oxygen atoms in total. The van der Waals surface area contributed by atoms with E-state index in [-0.39, 0.29) is 29.7 Å². The number of benzene rings is 1. The molecule has 1 saturated heterocycles. The van der Waals surface area contributed by atoms with Gasteiger partial charge in [0.15, 0.2) is 0 Å². The summed E-state index contributed by atoms with van der Waals surface area (Å²) in [6.45, 7) is 8.82. The molecule has 0 spiro atoms. The molecule has 0 saturated carbocycles. The van der Waals surface area contributed by atoms with E-state index >= 15 is 0 Å². The Morgan fingerprint density at radius 2 is 1.69 bits per heavy atom. The fourth-order valence-corrected chi connectivity index (χ4v) is 4.78.